The average Bonchev–Trinajstić information content (AvgIpc) is 3.21. The molecule has 174 valence electrons. The van der Waals surface area contributed by atoms with Gasteiger partial charge in [0.15, 0.2) is 0 Å². The minimum atomic E-state index is 0.0533. The molecule has 3 aliphatic rings. The van der Waals surface area contributed by atoms with E-state index in [-0.39, 0.29) is 17.9 Å². The molecule has 2 aliphatic heterocycles. The lowest BCUT2D eigenvalue weighted by Crippen LogP contribution is -2.43. The fourth-order valence-corrected chi connectivity index (χ4v) is 5.55. The molecule has 1 aliphatic carbocycles. The highest BCUT2D eigenvalue weighted by molar-refractivity contribution is 6.00. The summed E-state index contributed by atoms with van der Waals surface area (Å²) in [6.07, 6.45) is 6.44. The Bertz CT molecular complexity index is 894. The van der Waals surface area contributed by atoms with Gasteiger partial charge in [0.05, 0.1) is 24.4 Å². The summed E-state index contributed by atoms with van der Waals surface area (Å²) in [4.78, 5) is 29.9. The van der Waals surface area contributed by atoms with Gasteiger partial charge in [-0.15, -0.1) is 0 Å². The van der Waals surface area contributed by atoms with Gasteiger partial charge in [0, 0.05) is 32.3 Å². The summed E-state index contributed by atoms with van der Waals surface area (Å²) in [5.74, 6) is 1.85. The van der Waals surface area contributed by atoms with Gasteiger partial charge in [0.25, 0.3) is 5.91 Å². The molecule has 0 bridgehead atoms. The molecule has 2 saturated heterocycles. The Hall–Kier alpha value is -2.50. The number of anilines is 1. The molecule has 6 nitrogen and oxygen atoms in total. The second kappa shape index (κ2) is 9.55. The van der Waals surface area contributed by atoms with Gasteiger partial charge in [-0.2, -0.15) is 0 Å². The fourth-order valence-electron chi connectivity index (χ4n) is 5.55. The number of carbonyl (C=O) groups is 2. The van der Waals surface area contributed by atoms with Gasteiger partial charge in [0.2, 0.25) is 5.91 Å². The standard InChI is InChI=1S/C26H37N3O3/c1-17-13-18(2)16-28(15-17)26(31)22-14-21(32-4)10-11-23(22)27-25(20-7-5-8-20)24-9-6-12-29(24)19(3)30/h10-11,14,17-18,24,27H,5-9,12-13,15-16H2,1-4H3/t17-,18+,24?. The van der Waals surface area contributed by atoms with Crippen LogP contribution >= 0.6 is 0 Å². The van der Waals surface area contributed by atoms with Gasteiger partial charge in [-0.3, -0.25) is 9.59 Å². The third-order valence-corrected chi connectivity index (χ3v) is 7.21. The number of carbonyl (C=O) groups excluding carboxylic acids is 2. The van der Waals surface area contributed by atoms with Crippen LogP contribution in [0.15, 0.2) is 29.5 Å². The van der Waals surface area contributed by atoms with Crippen molar-refractivity contribution in [2.24, 2.45) is 11.8 Å². The second-order valence-corrected chi connectivity index (χ2v) is 9.93. The predicted molar refractivity (Wildman–Crippen MR) is 127 cm³/mol. The Balaban J connectivity index is 1.67. The largest absolute Gasteiger partial charge is 0.497 e. The van der Waals surface area contributed by atoms with Crippen LogP contribution in [0.3, 0.4) is 0 Å². The summed E-state index contributed by atoms with van der Waals surface area (Å²) in [5.41, 5.74) is 3.98. The monoisotopic (exact) mass is 439 g/mol. The lowest BCUT2D eigenvalue weighted by molar-refractivity contribution is -0.129. The lowest BCUT2D eigenvalue weighted by atomic mass is 9.87. The van der Waals surface area contributed by atoms with E-state index in [1.807, 2.05) is 28.0 Å². The summed E-state index contributed by atoms with van der Waals surface area (Å²) >= 11 is 0. The molecule has 32 heavy (non-hydrogen) atoms. The molecule has 0 radical (unpaired) electrons. The highest BCUT2D eigenvalue weighted by Gasteiger charge is 2.34. The summed E-state index contributed by atoms with van der Waals surface area (Å²) < 4.78 is 5.46. The Morgan fingerprint density at radius 1 is 1.09 bits per heavy atom. The van der Waals surface area contributed by atoms with Crippen molar-refractivity contribution in [3.8, 4) is 5.75 Å². The Kier molecular flexibility index (Phi) is 6.77. The SMILES string of the molecule is COc1ccc(NC(=C2CCC2)C2CCCN2C(C)=O)c(C(=O)N2C[C@H](C)C[C@H](C)C2)c1. The third-order valence-electron chi connectivity index (χ3n) is 7.21. The van der Waals surface area contributed by atoms with Crippen LogP contribution in [-0.4, -0.2) is 54.4 Å². The van der Waals surface area contributed by atoms with E-state index in [9.17, 15) is 9.59 Å². The number of nitrogens with zero attached hydrogens (tertiary/aromatic N) is 2. The van der Waals surface area contributed by atoms with Crippen LogP contribution in [0, 0.1) is 11.8 Å². The molecular formula is C26H37N3O3. The minimum Gasteiger partial charge on any atom is -0.497 e. The van der Waals surface area contributed by atoms with Gasteiger partial charge in [-0.05, 0) is 74.1 Å². The van der Waals surface area contributed by atoms with Crippen molar-refractivity contribution in [2.45, 2.75) is 65.3 Å². The van der Waals surface area contributed by atoms with Crippen molar-refractivity contribution in [3.63, 3.8) is 0 Å². The quantitative estimate of drug-likeness (QED) is 0.724. The Labute approximate surface area is 192 Å². The maximum absolute atomic E-state index is 13.7. The molecule has 0 spiro atoms. The highest BCUT2D eigenvalue weighted by atomic mass is 16.5. The molecule has 4 rings (SSSR count). The second-order valence-electron chi connectivity index (χ2n) is 9.93. The van der Waals surface area contributed by atoms with E-state index >= 15 is 0 Å². The number of methoxy groups -OCH3 is 1. The molecule has 1 aromatic carbocycles. The molecule has 3 atom stereocenters. The van der Waals surface area contributed by atoms with Crippen LogP contribution in [0.2, 0.25) is 0 Å². The molecule has 0 aromatic heterocycles. The molecule has 1 aromatic rings. The molecule has 2 amide bonds. The van der Waals surface area contributed by atoms with Crippen LogP contribution in [0.4, 0.5) is 5.69 Å². The van der Waals surface area contributed by atoms with Crippen LogP contribution in [-0.2, 0) is 4.79 Å². The zero-order chi connectivity index (χ0) is 22.8. The van der Waals surface area contributed by atoms with Gasteiger partial charge >= 0.3 is 0 Å². The highest BCUT2D eigenvalue weighted by Crippen LogP contribution is 2.37. The van der Waals surface area contributed by atoms with Gasteiger partial charge in [-0.1, -0.05) is 13.8 Å². The van der Waals surface area contributed by atoms with E-state index < -0.39 is 0 Å². The number of amides is 2. The van der Waals surface area contributed by atoms with E-state index in [2.05, 4.69) is 19.2 Å². The third kappa shape index (κ3) is 4.64. The van der Waals surface area contributed by atoms with Crippen molar-refractivity contribution in [2.75, 3.05) is 32.1 Å². The van der Waals surface area contributed by atoms with Gasteiger partial charge in [-0.25, -0.2) is 0 Å². The van der Waals surface area contributed by atoms with E-state index in [1.165, 1.54) is 12.0 Å². The molecule has 1 N–H and O–H groups in total. The molecule has 3 fully saturated rings. The average molecular weight is 440 g/mol. The van der Waals surface area contributed by atoms with Crippen molar-refractivity contribution >= 4 is 17.5 Å². The van der Waals surface area contributed by atoms with Crippen molar-refractivity contribution in [1.82, 2.24) is 9.80 Å². The maximum Gasteiger partial charge on any atom is 0.256 e. The van der Waals surface area contributed by atoms with Crippen molar-refractivity contribution in [3.05, 3.63) is 35.0 Å². The molecule has 6 heteroatoms. The van der Waals surface area contributed by atoms with Crippen LogP contribution in [0.5, 0.6) is 5.75 Å². The number of ether oxygens (including phenoxy) is 1. The minimum absolute atomic E-state index is 0.0533. The number of likely N-dealkylation sites (tertiary alicyclic amines) is 2. The first kappa shape index (κ1) is 22.7. The number of piperidine rings is 1. The topological polar surface area (TPSA) is 61.9 Å². The summed E-state index contributed by atoms with van der Waals surface area (Å²) in [7, 11) is 1.63. The first-order valence-electron chi connectivity index (χ1n) is 12.1. The number of hydrogen-bond donors (Lipinski definition) is 1. The number of benzene rings is 1. The Morgan fingerprint density at radius 3 is 2.41 bits per heavy atom. The van der Waals surface area contributed by atoms with Gasteiger partial charge in [0.1, 0.15) is 5.75 Å². The smallest absolute Gasteiger partial charge is 0.256 e. The zero-order valence-electron chi connectivity index (χ0n) is 19.9. The number of nitrogens with one attached hydrogen (secondary N) is 1. The summed E-state index contributed by atoms with van der Waals surface area (Å²) in [6.45, 7) is 8.47. The molecular weight excluding hydrogens is 402 g/mol. The van der Waals surface area contributed by atoms with Crippen LogP contribution < -0.4 is 10.1 Å². The van der Waals surface area contributed by atoms with E-state index in [4.69, 9.17) is 4.74 Å². The van der Waals surface area contributed by atoms with Crippen LogP contribution in [0.1, 0.15) is 69.7 Å². The summed E-state index contributed by atoms with van der Waals surface area (Å²) in [5, 5.41) is 3.65. The normalized spacial score (nSPS) is 25.4. The number of allylic oxidation sites excluding steroid dienone is 1. The number of hydrogen-bond acceptors (Lipinski definition) is 4. The van der Waals surface area contributed by atoms with Crippen molar-refractivity contribution in [1.29, 1.82) is 0 Å². The predicted octanol–water partition coefficient (Wildman–Crippen LogP) is 4.67. The first-order valence-corrected chi connectivity index (χ1v) is 12.1. The first-order chi connectivity index (χ1) is 15.4. The van der Waals surface area contributed by atoms with Crippen molar-refractivity contribution < 1.29 is 14.3 Å². The van der Waals surface area contributed by atoms with Gasteiger partial charge < -0.3 is 19.9 Å². The van der Waals surface area contributed by atoms with Crippen LogP contribution in [0.25, 0.3) is 0 Å². The lowest BCUT2D eigenvalue weighted by Gasteiger charge is -2.36. The maximum atomic E-state index is 13.7. The van der Waals surface area contributed by atoms with E-state index in [0.717, 1.165) is 63.1 Å². The molecule has 1 unspecified atom stereocenters. The summed E-state index contributed by atoms with van der Waals surface area (Å²) in [6, 6.07) is 5.79. The van der Waals surface area contributed by atoms with E-state index in [0.29, 0.717) is 23.1 Å². The zero-order valence-corrected chi connectivity index (χ0v) is 19.9. The number of rotatable bonds is 5. The molecule has 2 heterocycles. The Morgan fingerprint density at radius 2 is 1.81 bits per heavy atom. The molecule has 1 saturated carbocycles. The fraction of sp³-hybridized carbons (Fsp3) is 0.615. The van der Waals surface area contributed by atoms with E-state index in [1.54, 1.807) is 14.0 Å².